The molecule has 0 aromatic carbocycles. The summed E-state index contributed by atoms with van der Waals surface area (Å²) in [6, 6.07) is -3.23. The van der Waals surface area contributed by atoms with Crippen molar-refractivity contribution in [3.63, 3.8) is 0 Å². The van der Waals surface area contributed by atoms with Crippen LogP contribution in [0.5, 0.6) is 0 Å². The Hall–Kier alpha value is -2.76. The van der Waals surface area contributed by atoms with E-state index in [-0.39, 0.29) is 24.8 Å². The number of aliphatic hydroxyl groups excluding tert-OH is 3. The number of ether oxygens (including phenoxy) is 2. The summed E-state index contributed by atoms with van der Waals surface area (Å²) in [5, 5.41) is 42.3. The van der Waals surface area contributed by atoms with E-state index in [1.54, 1.807) is 0 Å². The molecule has 13 N–H and O–H groups in total. The lowest BCUT2D eigenvalue weighted by atomic mass is 9.95. The highest BCUT2D eigenvalue weighted by Crippen LogP contribution is 2.22. The molecule has 198 valence electrons. The van der Waals surface area contributed by atoms with E-state index >= 15 is 0 Å². The van der Waals surface area contributed by atoms with Crippen molar-refractivity contribution in [3.8, 4) is 0 Å². The average molecular weight is 503 g/mol. The first-order valence-corrected chi connectivity index (χ1v) is 11.4. The van der Waals surface area contributed by atoms with Crippen LogP contribution in [0.1, 0.15) is 19.3 Å². The van der Waals surface area contributed by atoms with Crippen LogP contribution in [0.15, 0.2) is 4.99 Å². The number of hydrogen-bond acceptors (Lipinski definition) is 13. The second kappa shape index (κ2) is 11.8. The van der Waals surface area contributed by atoms with Crippen LogP contribution < -0.4 is 38.5 Å². The number of nitrogens with two attached hydrogens (primary N) is 3. The van der Waals surface area contributed by atoms with Crippen molar-refractivity contribution in [1.29, 1.82) is 0 Å². The number of carbonyl (C=O) groups excluding carboxylic acids is 3. The number of β-amino-alcohol motifs (C(OH)–C–C–N with tert-alkyl or cyclic N) is 1. The largest absolute Gasteiger partial charge is 0.447 e. The van der Waals surface area contributed by atoms with Gasteiger partial charge in [-0.1, -0.05) is 0 Å². The van der Waals surface area contributed by atoms with Gasteiger partial charge in [0.15, 0.2) is 18.2 Å². The highest BCUT2D eigenvalue weighted by Gasteiger charge is 2.48. The molecule has 2 saturated heterocycles. The van der Waals surface area contributed by atoms with Crippen molar-refractivity contribution in [2.75, 3.05) is 19.7 Å². The molecule has 0 saturated carbocycles. The maximum Gasteiger partial charge on any atom is 0.404 e. The summed E-state index contributed by atoms with van der Waals surface area (Å²) in [7, 11) is 0. The fraction of sp³-hybridized carbons (Fsp3) is 0.789. The number of aliphatic imine (C=N–C) groups is 1. The number of rotatable bonds is 9. The lowest BCUT2D eigenvalue weighted by molar-refractivity contribution is -0.198. The van der Waals surface area contributed by atoms with Gasteiger partial charge in [0, 0.05) is 19.0 Å². The van der Waals surface area contributed by atoms with Crippen LogP contribution in [0.2, 0.25) is 0 Å². The highest BCUT2D eigenvalue weighted by atomic mass is 16.6. The Balaban J connectivity index is 1.73. The predicted octanol–water partition coefficient (Wildman–Crippen LogP) is -5.75. The number of carbonyl (C=O) groups is 3. The molecule has 0 bridgehead atoms. The monoisotopic (exact) mass is 502 g/mol. The number of primary amides is 1. The lowest BCUT2D eigenvalue weighted by Crippen LogP contribution is -2.69. The minimum atomic E-state index is -1.55. The van der Waals surface area contributed by atoms with Crippen molar-refractivity contribution < 1.29 is 39.2 Å². The molecule has 3 rings (SSSR count). The number of nitrogens with zero attached hydrogens (tertiary/aromatic N) is 1. The van der Waals surface area contributed by atoms with Gasteiger partial charge in [0.05, 0.1) is 12.1 Å². The van der Waals surface area contributed by atoms with E-state index in [9.17, 15) is 29.7 Å². The van der Waals surface area contributed by atoms with Crippen LogP contribution in [-0.4, -0.2) is 114 Å². The molecule has 0 spiro atoms. The first-order valence-electron chi connectivity index (χ1n) is 11.4. The topological polar surface area (TPSA) is 269 Å². The molecule has 0 radical (unpaired) electrons. The fourth-order valence-electron chi connectivity index (χ4n) is 4.19. The third kappa shape index (κ3) is 6.68. The normalized spacial score (nSPS) is 35.1. The Labute approximate surface area is 200 Å². The summed E-state index contributed by atoms with van der Waals surface area (Å²) in [5.74, 6) is -0.815. The fourth-order valence-corrected chi connectivity index (χ4v) is 4.19. The standard InChI is InChI=1S/C19H34N8O8/c20-3-1-2-7(21)4-10(29)24-13-15(31)14(30)9(6-34-18(22)33)35-17(13)27-19-25-11-8(28)5-23-16(32)12(11)26-19/h7-9,11-15,17,28,30-31H,1-6,20-21H2,(H2,22,33)(H,23,32)(H,24,29)(H2,25,26,27). The van der Waals surface area contributed by atoms with Crippen molar-refractivity contribution in [3.05, 3.63) is 0 Å². The van der Waals surface area contributed by atoms with Crippen LogP contribution in [0.4, 0.5) is 4.79 Å². The number of guanidine groups is 1. The summed E-state index contributed by atoms with van der Waals surface area (Å²) in [5.41, 5.74) is 16.4. The van der Waals surface area contributed by atoms with Crippen LogP contribution in [0, 0.1) is 0 Å². The Bertz CT molecular complexity index is 816. The van der Waals surface area contributed by atoms with Gasteiger partial charge in [-0.2, -0.15) is 0 Å². The molecule has 0 aliphatic carbocycles. The molecule has 3 aliphatic rings. The molecular weight excluding hydrogens is 468 g/mol. The molecular formula is C19H34N8O8. The number of fused-ring (bicyclic) bond motifs is 1. The second-order valence-electron chi connectivity index (χ2n) is 8.74. The van der Waals surface area contributed by atoms with Crippen LogP contribution in [0.25, 0.3) is 0 Å². The van der Waals surface area contributed by atoms with Crippen molar-refractivity contribution in [1.82, 2.24) is 21.3 Å². The quantitative estimate of drug-likeness (QED) is 0.141. The van der Waals surface area contributed by atoms with E-state index < -0.39 is 73.4 Å². The molecule has 9 atom stereocenters. The van der Waals surface area contributed by atoms with E-state index in [0.717, 1.165) is 0 Å². The molecule has 2 fully saturated rings. The third-order valence-electron chi connectivity index (χ3n) is 6.05. The van der Waals surface area contributed by atoms with Gasteiger partial charge >= 0.3 is 6.09 Å². The molecule has 0 aromatic heterocycles. The Morgan fingerprint density at radius 1 is 1.29 bits per heavy atom. The van der Waals surface area contributed by atoms with Crippen LogP contribution >= 0.6 is 0 Å². The van der Waals surface area contributed by atoms with E-state index in [1.165, 1.54) is 0 Å². The van der Waals surface area contributed by atoms with Crippen molar-refractivity contribution in [2.45, 2.75) is 74.1 Å². The lowest BCUT2D eigenvalue weighted by Gasteiger charge is -2.43. The van der Waals surface area contributed by atoms with Gasteiger partial charge in [0.1, 0.15) is 31.0 Å². The minimum absolute atomic E-state index is 0.0518. The summed E-state index contributed by atoms with van der Waals surface area (Å²) in [6.07, 6.45) is -6.38. The first-order chi connectivity index (χ1) is 16.6. The molecule has 16 heteroatoms. The smallest absolute Gasteiger partial charge is 0.404 e. The molecule has 16 nitrogen and oxygen atoms in total. The van der Waals surface area contributed by atoms with Gasteiger partial charge in [-0.25, -0.2) is 9.79 Å². The Morgan fingerprint density at radius 3 is 2.69 bits per heavy atom. The summed E-state index contributed by atoms with van der Waals surface area (Å²) >= 11 is 0. The molecule has 9 unspecified atom stereocenters. The Kier molecular flexibility index (Phi) is 9.03. The van der Waals surface area contributed by atoms with Gasteiger partial charge < -0.3 is 63.3 Å². The van der Waals surface area contributed by atoms with Crippen molar-refractivity contribution in [2.24, 2.45) is 22.2 Å². The number of aliphatic hydroxyl groups is 3. The molecule has 3 amide bonds. The molecule has 3 aliphatic heterocycles. The summed E-state index contributed by atoms with van der Waals surface area (Å²) < 4.78 is 10.5. The van der Waals surface area contributed by atoms with Gasteiger partial charge in [-0.3, -0.25) is 9.59 Å². The first kappa shape index (κ1) is 26.8. The van der Waals surface area contributed by atoms with E-state index in [4.69, 9.17) is 26.7 Å². The molecule has 35 heavy (non-hydrogen) atoms. The maximum atomic E-state index is 12.6. The SMILES string of the molecule is NCCCC(N)CC(=O)NC1C(NC2=NC3C(=O)NCC(O)C3N2)OC(COC(N)=O)C(O)C1O. The van der Waals surface area contributed by atoms with E-state index in [1.807, 2.05) is 0 Å². The third-order valence-corrected chi connectivity index (χ3v) is 6.05. The minimum Gasteiger partial charge on any atom is -0.447 e. The molecule has 0 aromatic rings. The zero-order chi connectivity index (χ0) is 25.7. The average Bonchev–Trinajstić information content (AvgIpc) is 3.24. The van der Waals surface area contributed by atoms with Gasteiger partial charge in [-0.05, 0) is 19.4 Å². The second-order valence-corrected chi connectivity index (χ2v) is 8.74. The van der Waals surface area contributed by atoms with Crippen LogP contribution in [-0.2, 0) is 19.1 Å². The van der Waals surface area contributed by atoms with Crippen molar-refractivity contribution >= 4 is 23.9 Å². The Morgan fingerprint density at radius 2 is 2.03 bits per heavy atom. The van der Waals surface area contributed by atoms with Gasteiger partial charge in [0.25, 0.3) is 0 Å². The number of nitrogens with one attached hydrogen (secondary N) is 4. The molecule has 3 heterocycles. The number of amides is 3. The zero-order valence-corrected chi connectivity index (χ0v) is 19.0. The number of piperidine rings is 1. The summed E-state index contributed by atoms with van der Waals surface area (Å²) in [6.45, 7) is 0.0141. The van der Waals surface area contributed by atoms with Gasteiger partial charge in [0.2, 0.25) is 11.8 Å². The predicted molar refractivity (Wildman–Crippen MR) is 119 cm³/mol. The highest BCUT2D eigenvalue weighted by molar-refractivity contribution is 5.92. The van der Waals surface area contributed by atoms with E-state index in [0.29, 0.717) is 19.4 Å². The maximum absolute atomic E-state index is 12.6. The van der Waals surface area contributed by atoms with E-state index in [2.05, 4.69) is 26.3 Å². The zero-order valence-electron chi connectivity index (χ0n) is 19.0. The van der Waals surface area contributed by atoms with Crippen LogP contribution in [0.3, 0.4) is 0 Å². The number of hydrogen-bond donors (Lipinski definition) is 10. The summed E-state index contributed by atoms with van der Waals surface area (Å²) in [4.78, 5) is 39.9. The van der Waals surface area contributed by atoms with Gasteiger partial charge in [-0.15, -0.1) is 0 Å².